The van der Waals surface area contributed by atoms with Crippen molar-refractivity contribution in [2.24, 2.45) is 0 Å². The lowest BCUT2D eigenvalue weighted by molar-refractivity contribution is 0.260. The van der Waals surface area contributed by atoms with Gasteiger partial charge in [0.05, 0.1) is 34.9 Å². The maximum atomic E-state index is 13.9. The molecule has 2 aliphatic rings. The van der Waals surface area contributed by atoms with Crippen molar-refractivity contribution in [2.75, 3.05) is 10.6 Å². The van der Waals surface area contributed by atoms with E-state index in [1.165, 1.54) is 18.3 Å². The first-order valence-electron chi connectivity index (χ1n) is 13.8. The Hall–Kier alpha value is -4.84. The van der Waals surface area contributed by atoms with E-state index in [9.17, 15) is 11.0 Å². The summed E-state index contributed by atoms with van der Waals surface area (Å²) in [5.41, 5.74) is 10.1. The van der Waals surface area contributed by atoms with Gasteiger partial charge in [0.15, 0.2) is 0 Å². The summed E-state index contributed by atoms with van der Waals surface area (Å²) in [5.74, 6) is -0.389. The van der Waals surface area contributed by atoms with Crippen LogP contribution in [-0.2, 0) is 0 Å². The minimum Gasteiger partial charge on any atom is -0.373 e. The number of anilines is 3. The fourth-order valence-corrected chi connectivity index (χ4v) is 5.35. The Morgan fingerprint density at radius 1 is 1.07 bits per heavy atom. The van der Waals surface area contributed by atoms with Gasteiger partial charge in [-0.3, -0.25) is 9.99 Å². The van der Waals surface area contributed by atoms with Crippen LogP contribution in [0.3, 0.4) is 0 Å². The number of pyridine rings is 1. The number of hydrogen-bond acceptors (Lipinski definition) is 7. The van der Waals surface area contributed by atoms with Gasteiger partial charge in [0.2, 0.25) is 0 Å². The van der Waals surface area contributed by atoms with Gasteiger partial charge < -0.3 is 16.1 Å². The zero-order chi connectivity index (χ0) is 28.8. The third-order valence-electron chi connectivity index (χ3n) is 7.29. The Balaban J connectivity index is 1.35. The van der Waals surface area contributed by atoms with Gasteiger partial charge in [-0.05, 0) is 54.1 Å². The molecular weight excluding hydrogens is 537 g/mol. The summed E-state index contributed by atoms with van der Waals surface area (Å²) in [4.78, 5) is 4.48. The molecule has 1 unspecified atom stereocenters. The van der Waals surface area contributed by atoms with Gasteiger partial charge in [-0.25, -0.2) is 4.39 Å². The molecule has 1 fully saturated rings. The van der Waals surface area contributed by atoms with Crippen molar-refractivity contribution >= 4 is 50.3 Å². The SMILES string of the molecule is [2H]C(Nc1cc(Cl)c2ncc(C#N)c(Nc3cccc4ccccc34)c2c1)(C1=CN(C2CC2)NN1)c1ccc(F)cc1. The first-order chi connectivity index (χ1) is 20.4. The van der Waals surface area contributed by atoms with Crippen molar-refractivity contribution in [1.29, 1.82) is 5.26 Å². The number of hydrazine groups is 2. The highest BCUT2D eigenvalue weighted by Crippen LogP contribution is 2.38. The lowest BCUT2D eigenvalue weighted by Crippen LogP contribution is -2.38. The number of halogens is 2. The summed E-state index contributed by atoms with van der Waals surface area (Å²) in [5, 5.41) is 21.8. The summed E-state index contributed by atoms with van der Waals surface area (Å²) in [7, 11) is 0. The molecule has 9 heteroatoms. The molecule has 7 nitrogen and oxygen atoms in total. The van der Waals surface area contributed by atoms with Crippen LogP contribution in [0.1, 0.15) is 31.4 Å². The number of nitriles is 1. The Kier molecular flexibility index (Phi) is 6.02. The average molecular weight is 563 g/mol. The molecule has 0 radical (unpaired) electrons. The molecule has 1 aliphatic carbocycles. The Bertz CT molecular complexity index is 1910. The van der Waals surface area contributed by atoms with Crippen LogP contribution >= 0.6 is 11.6 Å². The van der Waals surface area contributed by atoms with Crippen molar-refractivity contribution in [3.8, 4) is 6.07 Å². The largest absolute Gasteiger partial charge is 0.373 e. The number of hydrogen-bond donors (Lipinski definition) is 4. The van der Waals surface area contributed by atoms with Gasteiger partial charge in [-0.2, -0.15) is 5.26 Å². The molecule has 1 aromatic heterocycles. The standard InChI is InChI=1S/C32H25ClFN7/c33-27-15-23(37-31(20-8-10-22(34)11-9-20)29-18-41(40-39-29)24-12-13-24)14-26-30(21(16-35)17-36-32(26)27)38-28-7-3-5-19-4-1-2-6-25(19)28/h1-11,14-15,17-18,24,31,37,39-40H,12-13H2,(H,36,38)/i31D. The fraction of sp³-hybridized carbons (Fsp3) is 0.125. The second-order valence-electron chi connectivity index (χ2n) is 10.1. The Morgan fingerprint density at radius 2 is 1.88 bits per heavy atom. The van der Waals surface area contributed by atoms with Gasteiger partial charge in [-0.1, -0.05) is 60.1 Å². The van der Waals surface area contributed by atoms with Crippen molar-refractivity contribution in [3.05, 3.63) is 119 Å². The smallest absolute Gasteiger partial charge is 0.123 e. The predicted molar refractivity (Wildman–Crippen MR) is 161 cm³/mol. The van der Waals surface area contributed by atoms with Crippen LogP contribution in [0.2, 0.25) is 5.02 Å². The first kappa shape index (κ1) is 24.0. The molecule has 4 N–H and O–H groups in total. The molecule has 1 aliphatic heterocycles. The van der Waals surface area contributed by atoms with Gasteiger partial charge in [0.1, 0.15) is 11.9 Å². The molecule has 202 valence electrons. The maximum Gasteiger partial charge on any atom is 0.123 e. The van der Waals surface area contributed by atoms with Crippen LogP contribution in [0.15, 0.2) is 97.0 Å². The summed E-state index contributed by atoms with van der Waals surface area (Å²) in [6.45, 7) is 0. The molecule has 0 saturated heterocycles. The molecule has 7 rings (SSSR count). The van der Waals surface area contributed by atoms with Crippen molar-refractivity contribution in [2.45, 2.75) is 24.9 Å². The molecule has 0 amide bonds. The minimum atomic E-state index is -1.54. The molecular formula is C32H25ClFN7. The van der Waals surface area contributed by atoms with E-state index in [-0.39, 0.29) is 5.82 Å². The third-order valence-corrected chi connectivity index (χ3v) is 7.58. The topological polar surface area (TPSA) is 88.0 Å². The zero-order valence-electron chi connectivity index (χ0n) is 22.7. The monoisotopic (exact) mass is 562 g/mol. The van der Waals surface area contributed by atoms with Crippen LogP contribution in [-0.4, -0.2) is 16.0 Å². The van der Waals surface area contributed by atoms with E-state index >= 15 is 0 Å². The van der Waals surface area contributed by atoms with Crippen LogP contribution in [0, 0.1) is 17.1 Å². The van der Waals surface area contributed by atoms with E-state index < -0.39 is 6.02 Å². The highest BCUT2D eigenvalue weighted by Gasteiger charge is 2.32. The molecule has 5 aromatic rings. The second-order valence-corrected chi connectivity index (χ2v) is 10.5. The summed E-state index contributed by atoms with van der Waals surface area (Å²) >= 11 is 6.78. The van der Waals surface area contributed by atoms with E-state index in [4.69, 9.17) is 11.6 Å². The average Bonchev–Trinajstić information content (AvgIpc) is 3.73. The Morgan fingerprint density at radius 3 is 2.68 bits per heavy atom. The maximum absolute atomic E-state index is 13.9. The molecule has 2 heterocycles. The van der Waals surface area contributed by atoms with Crippen molar-refractivity contribution < 1.29 is 5.76 Å². The van der Waals surface area contributed by atoms with Crippen molar-refractivity contribution in [3.63, 3.8) is 0 Å². The molecule has 41 heavy (non-hydrogen) atoms. The second kappa shape index (κ2) is 10.3. The lowest BCUT2D eigenvalue weighted by atomic mass is 10.0. The van der Waals surface area contributed by atoms with Gasteiger partial charge in [0.25, 0.3) is 0 Å². The van der Waals surface area contributed by atoms with Gasteiger partial charge in [0, 0.05) is 40.6 Å². The number of fused-ring (bicyclic) bond motifs is 2. The van der Waals surface area contributed by atoms with Crippen LogP contribution in [0.4, 0.5) is 21.5 Å². The quantitative estimate of drug-likeness (QED) is 0.166. The van der Waals surface area contributed by atoms with Gasteiger partial charge >= 0.3 is 0 Å². The zero-order valence-corrected chi connectivity index (χ0v) is 22.5. The van der Waals surface area contributed by atoms with Crippen LogP contribution in [0.25, 0.3) is 21.7 Å². The van der Waals surface area contributed by atoms with E-state index in [1.807, 2.05) is 59.7 Å². The minimum absolute atomic E-state index is 0.351. The van der Waals surface area contributed by atoms with E-state index in [0.29, 0.717) is 50.2 Å². The number of aromatic nitrogens is 1. The first-order valence-corrected chi connectivity index (χ1v) is 13.6. The van der Waals surface area contributed by atoms with Crippen LogP contribution in [0.5, 0.6) is 0 Å². The summed E-state index contributed by atoms with van der Waals surface area (Å²) in [6, 6.07) is 24.4. The Labute approximate surface area is 242 Å². The van der Waals surface area contributed by atoms with E-state index in [2.05, 4.69) is 32.6 Å². The molecule has 0 bridgehead atoms. The molecule has 0 spiro atoms. The van der Waals surface area contributed by atoms with Crippen molar-refractivity contribution in [1.82, 2.24) is 21.0 Å². The normalized spacial score (nSPS) is 16.5. The summed E-state index contributed by atoms with van der Waals surface area (Å²) < 4.78 is 23.5. The number of nitrogens with one attached hydrogen (secondary N) is 4. The number of rotatable bonds is 7. The van der Waals surface area contributed by atoms with Gasteiger partial charge in [-0.15, -0.1) is 5.53 Å². The molecule has 1 atom stereocenters. The summed E-state index contributed by atoms with van der Waals surface area (Å²) in [6.07, 6.45) is 5.50. The molecule has 1 saturated carbocycles. The fourth-order valence-electron chi connectivity index (χ4n) is 5.08. The number of benzene rings is 4. The van der Waals surface area contributed by atoms with E-state index in [0.717, 1.165) is 29.3 Å². The van der Waals surface area contributed by atoms with E-state index in [1.54, 1.807) is 18.2 Å². The highest BCUT2D eigenvalue weighted by molar-refractivity contribution is 6.36. The highest BCUT2D eigenvalue weighted by atomic mass is 35.5. The van der Waals surface area contributed by atoms with Crippen LogP contribution < -0.4 is 21.6 Å². The lowest BCUT2D eigenvalue weighted by Gasteiger charge is -2.22. The third kappa shape index (κ3) is 4.86. The molecule has 4 aromatic carbocycles. The predicted octanol–water partition coefficient (Wildman–Crippen LogP) is 7.28. The number of nitrogens with zero attached hydrogens (tertiary/aromatic N) is 3.